The van der Waals surface area contributed by atoms with E-state index in [1.807, 2.05) is 26.2 Å². The SMILES string of the molecule is CN(C)c1cccc(C#CCCN)c1. The summed E-state index contributed by atoms with van der Waals surface area (Å²) in [5.74, 6) is 6.11. The van der Waals surface area contributed by atoms with Crippen molar-refractivity contribution in [1.82, 2.24) is 0 Å². The van der Waals surface area contributed by atoms with Gasteiger partial charge in [0.2, 0.25) is 0 Å². The molecule has 0 heterocycles. The summed E-state index contributed by atoms with van der Waals surface area (Å²) in [5.41, 5.74) is 7.58. The van der Waals surface area contributed by atoms with Gasteiger partial charge in [0.25, 0.3) is 0 Å². The summed E-state index contributed by atoms with van der Waals surface area (Å²) < 4.78 is 0. The average Bonchev–Trinajstić information content (AvgIpc) is 2.19. The Hall–Kier alpha value is -1.46. The summed E-state index contributed by atoms with van der Waals surface area (Å²) in [6.07, 6.45) is 0.756. The van der Waals surface area contributed by atoms with E-state index in [4.69, 9.17) is 5.73 Å². The fraction of sp³-hybridized carbons (Fsp3) is 0.333. The third kappa shape index (κ3) is 3.12. The van der Waals surface area contributed by atoms with Gasteiger partial charge in [-0.05, 0) is 18.2 Å². The van der Waals surface area contributed by atoms with E-state index in [0.717, 1.165) is 12.0 Å². The number of anilines is 1. The zero-order chi connectivity index (χ0) is 10.4. The highest BCUT2D eigenvalue weighted by Crippen LogP contribution is 2.12. The summed E-state index contributed by atoms with van der Waals surface area (Å²) in [7, 11) is 4.04. The summed E-state index contributed by atoms with van der Waals surface area (Å²) in [4.78, 5) is 2.06. The molecule has 2 N–H and O–H groups in total. The molecule has 14 heavy (non-hydrogen) atoms. The maximum Gasteiger partial charge on any atom is 0.0373 e. The van der Waals surface area contributed by atoms with Gasteiger partial charge in [-0.1, -0.05) is 17.9 Å². The highest BCUT2D eigenvalue weighted by molar-refractivity contribution is 5.51. The molecule has 0 bridgehead atoms. The Balaban J connectivity index is 2.80. The third-order valence-corrected chi connectivity index (χ3v) is 1.86. The number of hydrogen-bond donors (Lipinski definition) is 1. The molecule has 74 valence electrons. The van der Waals surface area contributed by atoms with Gasteiger partial charge in [0.1, 0.15) is 0 Å². The second-order valence-electron chi connectivity index (χ2n) is 3.29. The first kappa shape index (κ1) is 10.6. The maximum atomic E-state index is 5.36. The molecule has 0 spiro atoms. The fourth-order valence-corrected chi connectivity index (χ4v) is 1.10. The monoisotopic (exact) mass is 188 g/mol. The van der Waals surface area contributed by atoms with Gasteiger partial charge in [0.15, 0.2) is 0 Å². The van der Waals surface area contributed by atoms with Crippen molar-refractivity contribution in [2.24, 2.45) is 5.73 Å². The minimum Gasteiger partial charge on any atom is -0.378 e. The van der Waals surface area contributed by atoms with Crippen LogP contribution in [-0.4, -0.2) is 20.6 Å². The van der Waals surface area contributed by atoms with E-state index in [1.54, 1.807) is 0 Å². The van der Waals surface area contributed by atoms with E-state index in [9.17, 15) is 0 Å². The van der Waals surface area contributed by atoms with Crippen LogP contribution >= 0.6 is 0 Å². The predicted molar refractivity (Wildman–Crippen MR) is 61.3 cm³/mol. The predicted octanol–water partition coefficient (Wildman–Crippen LogP) is 1.45. The van der Waals surface area contributed by atoms with Gasteiger partial charge in [0.05, 0.1) is 0 Å². The van der Waals surface area contributed by atoms with Crippen LogP contribution in [0.4, 0.5) is 5.69 Å². The summed E-state index contributed by atoms with van der Waals surface area (Å²) in [5, 5.41) is 0. The van der Waals surface area contributed by atoms with E-state index in [0.29, 0.717) is 6.54 Å². The lowest BCUT2D eigenvalue weighted by atomic mass is 10.2. The molecule has 0 aliphatic heterocycles. The van der Waals surface area contributed by atoms with Gasteiger partial charge in [-0.2, -0.15) is 0 Å². The highest BCUT2D eigenvalue weighted by atomic mass is 15.1. The fourth-order valence-electron chi connectivity index (χ4n) is 1.10. The van der Waals surface area contributed by atoms with Crippen molar-refractivity contribution in [3.05, 3.63) is 29.8 Å². The molecule has 0 aromatic heterocycles. The maximum absolute atomic E-state index is 5.36. The molecule has 1 rings (SSSR count). The Kier molecular flexibility index (Phi) is 4.03. The first-order chi connectivity index (χ1) is 6.74. The number of rotatable bonds is 2. The van der Waals surface area contributed by atoms with Crippen LogP contribution in [0.15, 0.2) is 24.3 Å². The molecule has 2 heteroatoms. The van der Waals surface area contributed by atoms with E-state index >= 15 is 0 Å². The van der Waals surface area contributed by atoms with Gasteiger partial charge in [-0.25, -0.2) is 0 Å². The van der Waals surface area contributed by atoms with Crippen LogP contribution in [0.1, 0.15) is 12.0 Å². The molecule has 0 unspecified atom stereocenters. The standard InChI is InChI=1S/C12H16N2/c1-14(2)12-8-5-7-11(10-12)6-3-4-9-13/h5,7-8,10H,4,9,13H2,1-2H3. The molecule has 0 saturated carbocycles. The minimum atomic E-state index is 0.625. The molecule has 1 aromatic carbocycles. The second kappa shape index (κ2) is 5.31. The Bertz CT molecular complexity index is 345. The van der Waals surface area contributed by atoms with Crippen molar-refractivity contribution in [1.29, 1.82) is 0 Å². The number of nitrogens with zero attached hydrogens (tertiary/aromatic N) is 1. The molecule has 0 amide bonds. The van der Waals surface area contributed by atoms with Gasteiger partial charge < -0.3 is 10.6 Å². The van der Waals surface area contributed by atoms with Crippen LogP contribution < -0.4 is 10.6 Å². The smallest absolute Gasteiger partial charge is 0.0373 e. The van der Waals surface area contributed by atoms with Crippen LogP contribution in [0.5, 0.6) is 0 Å². The van der Waals surface area contributed by atoms with E-state index < -0.39 is 0 Å². The number of nitrogens with two attached hydrogens (primary N) is 1. The second-order valence-corrected chi connectivity index (χ2v) is 3.29. The molecule has 0 aliphatic carbocycles. The minimum absolute atomic E-state index is 0.625. The molecule has 1 aromatic rings. The Morgan fingerprint density at radius 2 is 2.14 bits per heavy atom. The van der Waals surface area contributed by atoms with Gasteiger partial charge in [0, 0.05) is 38.3 Å². The zero-order valence-corrected chi connectivity index (χ0v) is 8.75. The summed E-state index contributed by atoms with van der Waals surface area (Å²) >= 11 is 0. The average molecular weight is 188 g/mol. The normalized spacial score (nSPS) is 9.07. The highest BCUT2D eigenvalue weighted by Gasteiger charge is 1.94. The largest absolute Gasteiger partial charge is 0.378 e. The van der Waals surface area contributed by atoms with Crippen molar-refractivity contribution < 1.29 is 0 Å². The van der Waals surface area contributed by atoms with Crippen LogP contribution in [0.2, 0.25) is 0 Å². The van der Waals surface area contributed by atoms with E-state index in [2.05, 4.69) is 28.9 Å². The Morgan fingerprint density at radius 3 is 2.79 bits per heavy atom. The Labute approximate surface area is 85.7 Å². The lowest BCUT2D eigenvalue weighted by molar-refractivity contribution is 1.03. The third-order valence-electron chi connectivity index (χ3n) is 1.86. The molecule has 0 aliphatic rings. The number of hydrogen-bond acceptors (Lipinski definition) is 2. The molecule has 0 radical (unpaired) electrons. The zero-order valence-electron chi connectivity index (χ0n) is 8.75. The van der Waals surface area contributed by atoms with E-state index in [1.165, 1.54) is 5.69 Å². The first-order valence-corrected chi connectivity index (χ1v) is 4.70. The van der Waals surface area contributed by atoms with Crippen LogP contribution in [0.3, 0.4) is 0 Å². The van der Waals surface area contributed by atoms with Crippen molar-refractivity contribution >= 4 is 5.69 Å². The molecule has 0 fully saturated rings. The molecule has 2 nitrogen and oxygen atoms in total. The van der Waals surface area contributed by atoms with Crippen LogP contribution in [-0.2, 0) is 0 Å². The first-order valence-electron chi connectivity index (χ1n) is 4.70. The number of benzene rings is 1. The quantitative estimate of drug-likeness (QED) is 0.712. The molecule has 0 atom stereocenters. The lowest BCUT2D eigenvalue weighted by Crippen LogP contribution is -2.08. The van der Waals surface area contributed by atoms with Crippen LogP contribution in [0.25, 0.3) is 0 Å². The van der Waals surface area contributed by atoms with Crippen molar-refractivity contribution in [2.75, 3.05) is 25.5 Å². The van der Waals surface area contributed by atoms with Gasteiger partial charge >= 0.3 is 0 Å². The summed E-state index contributed by atoms with van der Waals surface area (Å²) in [6, 6.07) is 8.16. The van der Waals surface area contributed by atoms with Crippen molar-refractivity contribution in [2.45, 2.75) is 6.42 Å². The van der Waals surface area contributed by atoms with Gasteiger partial charge in [-0.15, -0.1) is 0 Å². The molecular formula is C12H16N2. The lowest BCUT2D eigenvalue weighted by Gasteiger charge is -2.11. The van der Waals surface area contributed by atoms with Crippen LogP contribution in [0, 0.1) is 11.8 Å². The van der Waals surface area contributed by atoms with E-state index in [-0.39, 0.29) is 0 Å². The molecular weight excluding hydrogens is 172 g/mol. The van der Waals surface area contributed by atoms with Gasteiger partial charge in [-0.3, -0.25) is 0 Å². The van der Waals surface area contributed by atoms with Crippen molar-refractivity contribution in [3.63, 3.8) is 0 Å². The van der Waals surface area contributed by atoms with Crippen molar-refractivity contribution in [3.8, 4) is 11.8 Å². The molecule has 0 saturated heterocycles. The summed E-state index contributed by atoms with van der Waals surface area (Å²) in [6.45, 7) is 0.625. The Morgan fingerprint density at radius 1 is 1.36 bits per heavy atom. The topological polar surface area (TPSA) is 29.3 Å².